The van der Waals surface area contributed by atoms with Gasteiger partial charge in [0.05, 0.1) is 6.61 Å². The van der Waals surface area contributed by atoms with E-state index < -0.39 is 0 Å². The fourth-order valence-electron chi connectivity index (χ4n) is 3.80. The minimum atomic E-state index is -0.00538. The average Bonchev–Trinajstić information content (AvgIpc) is 2.69. The van der Waals surface area contributed by atoms with Gasteiger partial charge in [-0.3, -0.25) is 4.79 Å². The zero-order valence-corrected chi connectivity index (χ0v) is 15.4. The van der Waals surface area contributed by atoms with Crippen LogP contribution in [0.25, 0.3) is 0 Å². The van der Waals surface area contributed by atoms with Gasteiger partial charge in [0.15, 0.2) is 0 Å². The number of hydrogen-bond acceptors (Lipinski definition) is 3. The summed E-state index contributed by atoms with van der Waals surface area (Å²) in [6, 6.07) is 18.3. The van der Waals surface area contributed by atoms with Crippen LogP contribution in [0.2, 0.25) is 0 Å². The van der Waals surface area contributed by atoms with E-state index >= 15 is 0 Å². The molecule has 1 saturated carbocycles. The Balaban J connectivity index is 1.68. The summed E-state index contributed by atoms with van der Waals surface area (Å²) >= 11 is 0. The van der Waals surface area contributed by atoms with Gasteiger partial charge in [0.2, 0.25) is 0 Å². The molecule has 1 aliphatic carbocycles. The Bertz CT molecular complexity index is 700. The second-order valence-corrected chi connectivity index (χ2v) is 7.07. The van der Waals surface area contributed by atoms with Gasteiger partial charge >= 0.3 is 0 Å². The summed E-state index contributed by atoms with van der Waals surface area (Å²) in [5.41, 5.74) is 3.00. The highest BCUT2D eigenvalue weighted by atomic mass is 16.3. The molecule has 1 aliphatic rings. The number of aliphatic hydroxyl groups excluding tert-OH is 1. The number of carbonyl (C=O) groups excluding carboxylic acids is 1. The summed E-state index contributed by atoms with van der Waals surface area (Å²) < 4.78 is 0. The van der Waals surface area contributed by atoms with Crippen molar-refractivity contribution in [3.63, 3.8) is 0 Å². The number of aliphatic hydroxyl groups is 1. The molecule has 26 heavy (non-hydrogen) atoms. The Kier molecular flexibility index (Phi) is 6.29. The van der Waals surface area contributed by atoms with Crippen molar-refractivity contribution < 1.29 is 9.90 Å². The van der Waals surface area contributed by atoms with Crippen molar-refractivity contribution in [2.45, 2.75) is 37.6 Å². The number of rotatable bonds is 6. The highest BCUT2D eigenvalue weighted by molar-refractivity contribution is 5.94. The molecule has 0 aromatic heterocycles. The smallest absolute Gasteiger partial charge is 0.251 e. The van der Waals surface area contributed by atoms with Gasteiger partial charge in [0, 0.05) is 36.8 Å². The number of benzene rings is 2. The summed E-state index contributed by atoms with van der Waals surface area (Å²) in [5, 5.41) is 12.3. The van der Waals surface area contributed by atoms with E-state index in [1.165, 1.54) is 18.4 Å². The Hall–Kier alpha value is -2.33. The van der Waals surface area contributed by atoms with Gasteiger partial charge in [-0.25, -0.2) is 0 Å². The van der Waals surface area contributed by atoms with Crippen molar-refractivity contribution in [2.24, 2.45) is 0 Å². The third-order valence-electron chi connectivity index (χ3n) is 5.32. The molecule has 4 nitrogen and oxygen atoms in total. The van der Waals surface area contributed by atoms with Gasteiger partial charge in [-0.2, -0.15) is 0 Å². The normalized spacial score (nSPS) is 19.8. The first-order chi connectivity index (χ1) is 12.7. The van der Waals surface area contributed by atoms with Gasteiger partial charge in [0.25, 0.3) is 5.91 Å². The second-order valence-electron chi connectivity index (χ2n) is 7.07. The monoisotopic (exact) mass is 352 g/mol. The number of anilines is 1. The molecular formula is C22H28N2O2. The quantitative estimate of drug-likeness (QED) is 0.836. The molecule has 0 spiro atoms. The summed E-state index contributed by atoms with van der Waals surface area (Å²) in [6.07, 6.45) is 4.54. The second kappa shape index (κ2) is 8.86. The summed E-state index contributed by atoms with van der Waals surface area (Å²) in [4.78, 5) is 14.7. The highest BCUT2D eigenvalue weighted by Crippen LogP contribution is 2.33. The van der Waals surface area contributed by atoms with Crippen LogP contribution in [0.5, 0.6) is 0 Å². The topological polar surface area (TPSA) is 52.6 Å². The van der Waals surface area contributed by atoms with Crippen molar-refractivity contribution >= 4 is 11.6 Å². The van der Waals surface area contributed by atoms with Crippen LogP contribution in [0.4, 0.5) is 5.69 Å². The Morgan fingerprint density at radius 1 is 1.08 bits per heavy atom. The molecule has 2 aromatic rings. The molecule has 0 aliphatic heterocycles. The number of carbonyl (C=O) groups is 1. The lowest BCUT2D eigenvalue weighted by molar-refractivity contribution is 0.0920. The molecule has 0 heterocycles. The molecule has 2 N–H and O–H groups in total. The molecule has 1 fully saturated rings. The molecule has 2 aromatic carbocycles. The molecule has 4 heteroatoms. The fourth-order valence-corrected chi connectivity index (χ4v) is 3.80. The van der Waals surface area contributed by atoms with E-state index in [1.54, 1.807) is 0 Å². The molecule has 138 valence electrons. The summed E-state index contributed by atoms with van der Waals surface area (Å²) in [6.45, 7) is 0.688. The third-order valence-corrected chi connectivity index (χ3v) is 5.32. The summed E-state index contributed by atoms with van der Waals surface area (Å²) in [5.74, 6) is 0.387. The third kappa shape index (κ3) is 4.44. The van der Waals surface area contributed by atoms with Gasteiger partial charge in [-0.15, -0.1) is 0 Å². The first kappa shape index (κ1) is 18.5. The lowest BCUT2D eigenvalue weighted by atomic mass is 9.80. The summed E-state index contributed by atoms with van der Waals surface area (Å²) in [7, 11) is 1.93. The van der Waals surface area contributed by atoms with Crippen molar-refractivity contribution in [3.8, 4) is 0 Å². The molecule has 1 amide bonds. The predicted octanol–water partition coefficient (Wildman–Crippen LogP) is 3.57. The van der Waals surface area contributed by atoms with Crippen LogP contribution in [0.15, 0.2) is 54.6 Å². The number of nitrogens with one attached hydrogen (secondary N) is 1. The van der Waals surface area contributed by atoms with Crippen LogP contribution in [0.3, 0.4) is 0 Å². The maximum atomic E-state index is 12.7. The molecule has 2 atom stereocenters. The predicted molar refractivity (Wildman–Crippen MR) is 106 cm³/mol. The first-order valence-corrected chi connectivity index (χ1v) is 9.47. The first-order valence-electron chi connectivity index (χ1n) is 9.47. The zero-order chi connectivity index (χ0) is 18.4. The maximum Gasteiger partial charge on any atom is 0.251 e. The fraction of sp³-hybridized carbons (Fsp3) is 0.409. The van der Waals surface area contributed by atoms with Crippen LogP contribution in [0.1, 0.15) is 47.5 Å². The Labute approximate surface area is 155 Å². The van der Waals surface area contributed by atoms with Gasteiger partial charge in [-0.05, 0) is 42.7 Å². The van der Waals surface area contributed by atoms with Crippen molar-refractivity contribution in [2.75, 3.05) is 25.1 Å². The van der Waals surface area contributed by atoms with Crippen molar-refractivity contribution in [1.82, 2.24) is 5.32 Å². The van der Waals surface area contributed by atoms with Crippen molar-refractivity contribution in [1.29, 1.82) is 0 Å². The van der Waals surface area contributed by atoms with Crippen LogP contribution in [0, 0.1) is 0 Å². The van der Waals surface area contributed by atoms with E-state index in [4.69, 9.17) is 5.11 Å². The average molecular weight is 352 g/mol. The van der Waals surface area contributed by atoms with E-state index in [2.05, 4.69) is 29.6 Å². The van der Waals surface area contributed by atoms with Crippen LogP contribution >= 0.6 is 0 Å². The van der Waals surface area contributed by atoms with Crippen LogP contribution in [-0.2, 0) is 0 Å². The van der Waals surface area contributed by atoms with Crippen molar-refractivity contribution in [3.05, 3.63) is 65.7 Å². The van der Waals surface area contributed by atoms with E-state index in [-0.39, 0.29) is 18.6 Å². The largest absolute Gasteiger partial charge is 0.395 e. The number of amides is 1. The molecule has 0 bridgehead atoms. The SMILES string of the molecule is CN(CCO)c1ccc(C(=O)N[C@@H]2CCCC[C@H]2c2ccccc2)cc1. The highest BCUT2D eigenvalue weighted by Gasteiger charge is 2.27. The molecule has 0 radical (unpaired) electrons. The molecule has 0 saturated heterocycles. The lowest BCUT2D eigenvalue weighted by Crippen LogP contribution is -2.41. The van der Waals surface area contributed by atoms with E-state index in [9.17, 15) is 4.79 Å². The van der Waals surface area contributed by atoms with E-state index in [1.807, 2.05) is 42.3 Å². The molecular weight excluding hydrogens is 324 g/mol. The molecule has 0 unspecified atom stereocenters. The minimum Gasteiger partial charge on any atom is -0.395 e. The maximum absolute atomic E-state index is 12.7. The number of likely N-dealkylation sites (N-methyl/N-ethyl adjacent to an activating group) is 1. The Morgan fingerprint density at radius 3 is 2.46 bits per heavy atom. The van der Waals surface area contributed by atoms with Crippen LogP contribution < -0.4 is 10.2 Å². The van der Waals surface area contributed by atoms with Gasteiger partial charge in [-0.1, -0.05) is 43.2 Å². The van der Waals surface area contributed by atoms with Gasteiger partial charge in [0.1, 0.15) is 0 Å². The standard InChI is InChI=1S/C22H28N2O2/c1-24(15-16-25)19-13-11-18(12-14-19)22(26)23-21-10-6-5-9-20(21)17-7-3-2-4-8-17/h2-4,7-8,11-14,20-21,25H,5-6,9-10,15-16H2,1H3,(H,23,26)/t20-,21+/m0/s1. The number of nitrogens with zero attached hydrogens (tertiary/aromatic N) is 1. The minimum absolute atomic E-state index is 0.00538. The molecule has 3 rings (SSSR count). The van der Waals surface area contributed by atoms with Crippen LogP contribution in [-0.4, -0.2) is 37.3 Å². The zero-order valence-electron chi connectivity index (χ0n) is 15.4. The van der Waals surface area contributed by atoms with E-state index in [0.29, 0.717) is 18.0 Å². The Morgan fingerprint density at radius 2 is 1.77 bits per heavy atom. The van der Waals surface area contributed by atoms with E-state index in [0.717, 1.165) is 18.5 Å². The lowest BCUT2D eigenvalue weighted by Gasteiger charge is -2.32. The van der Waals surface area contributed by atoms with Gasteiger partial charge < -0.3 is 15.3 Å². The number of hydrogen-bond donors (Lipinski definition) is 2.